The molecule has 2 aromatic heterocycles. The summed E-state index contributed by atoms with van der Waals surface area (Å²) in [6.07, 6.45) is 3.47. The monoisotopic (exact) mass is 303 g/mol. The third-order valence-corrected chi connectivity index (χ3v) is 3.73. The van der Waals surface area contributed by atoms with Crippen molar-refractivity contribution >= 4 is 17.2 Å². The Kier molecular flexibility index (Phi) is 5.49. The number of nitrogens with two attached hydrogens (primary N) is 1. The van der Waals surface area contributed by atoms with E-state index < -0.39 is 0 Å². The molecule has 0 aromatic carbocycles. The Morgan fingerprint density at radius 2 is 2.43 bits per heavy atom. The smallest absolute Gasteiger partial charge is 0.224 e. The lowest BCUT2D eigenvalue weighted by atomic mass is 10.2. The number of rotatable bonds is 5. The fraction of sp³-hybridized carbons (Fsp3) is 0.357. The van der Waals surface area contributed by atoms with Crippen molar-refractivity contribution in [1.29, 1.82) is 0 Å². The molecule has 2 aromatic rings. The summed E-state index contributed by atoms with van der Waals surface area (Å²) >= 11 is 1.57. The Balaban J connectivity index is 1.84. The first kappa shape index (κ1) is 15.2. The van der Waals surface area contributed by atoms with Gasteiger partial charge in [0, 0.05) is 20.0 Å². The van der Waals surface area contributed by atoms with Gasteiger partial charge >= 0.3 is 0 Å². The summed E-state index contributed by atoms with van der Waals surface area (Å²) < 4.78 is 1.65. The molecule has 2 rings (SSSR count). The number of aryl methyl sites for hydroxylation is 1. The molecule has 110 valence electrons. The number of carbonyl (C=O) groups is 1. The summed E-state index contributed by atoms with van der Waals surface area (Å²) in [6.45, 7) is 1.48. The molecular weight excluding hydrogens is 286 g/mol. The van der Waals surface area contributed by atoms with Crippen molar-refractivity contribution < 1.29 is 4.79 Å². The number of hydrogen-bond acceptors (Lipinski definition) is 5. The molecule has 2 heterocycles. The minimum Gasteiger partial charge on any atom is -0.341 e. The molecule has 0 aliphatic heterocycles. The molecular formula is C14H17N5OS. The predicted molar refractivity (Wildman–Crippen MR) is 81.4 cm³/mol. The van der Waals surface area contributed by atoms with Gasteiger partial charge in [0.05, 0.1) is 18.0 Å². The number of aromatic nitrogens is 3. The summed E-state index contributed by atoms with van der Waals surface area (Å²) in [7, 11) is 1.80. The van der Waals surface area contributed by atoms with E-state index in [1.54, 1.807) is 34.3 Å². The minimum atomic E-state index is 0.0753. The maximum atomic E-state index is 12.0. The minimum absolute atomic E-state index is 0.0753. The largest absolute Gasteiger partial charge is 0.341 e. The molecule has 2 N–H and O–H groups in total. The fourth-order valence-electron chi connectivity index (χ4n) is 1.77. The first-order chi connectivity index (χ1) is 10.2. The van der Waals surface area contributed by atoms with Gasteiger partial charge in [-0.1, -0.05) is 11.8 Å². The third-order valence-electron chi connectivity index (χ3n) is 2.83. The molecule has 0 radical (unpaired) electrons. The number of amides is 1. The maximum absolute atomic E-state index is 12.0. The van der Waals surface area contributed by atoms with Crippen LogP contribution in [-0.4, -0.2) is 39.2 Å². The van der Waals surface area contributed by atoms with Crippen molar-refractivity contribution in [3.05, 3.63) is 34.5 Å². The first-order valence-corrected chi connectivity index (χ1v) is 7.39. The van der Waals surface area contributed by atoms with Crippen LogP contribution in [0.1, 0.15) is 16.9 Å². The standard InChI is InChI=1S/C14H17N5OS/c1-18(14(20)4-6-19-11-16-10-17-19)8-12-7-13(21-9-12)3-2-5-15/h7,9-11H,4-6,8,15H2,1H3. The summed E-state index contributed by atoms with van der Waals surface area (Å²) in [4.78, 5) is 18.6. The maximum Gasteiger partial charge on any atom is 0.224 e. The topological polar surface area (TPSA) is 77.0 Å². The number of carbonyl (C=O) groups excluding carboxylic acids is 1. The van der Waals surface area contributed by atoms with Crippen LogP contribution in [0.4, 0.5) is 0 Å². The van der Waals surface area contributed by atoms with E-state index in [1.165, 1.54) is 6.33 Å². The molecule has 0 atom stereocenters. The van der Waals surface area contributed by atoms with E-state index >= 15 is 0 Å². The fourth-order valence-corrected chi connectivity index (χ4v) is 2.54. The molecule has 6 nitrogen and oxygen atoms in total. The lowest BCUT2D eigenvalue weighted by Gasteiger charge is -2.16. The Bertz CT molecular complexity index is 638. The molecule has 0 aliphatic carbocycles. The molecule has 0 unspecified atom stereocenters. The second-order valence-electron chi connectivity index (χ2n) is 4.48. The van der Waals surface area contributed by atoms with Crippen LogP contribution in [0.3, 0.4) is 0 Å². The van der Waals surface area contributed by atoms with Crippen LogP contribution in [0, 0.1) is 11.8 Å². The summed E-state index contributed by atoms with van der Waals surface area (Å²) in [5, 5.41) is 5.99. The number of hydrogen-bond donors (Lipinski definition) is 1. The van der Waals surface area contributed by atoms with Crippen LogP contribution in [0.2, 0.25) is 0 Å². The third kappa shape index (κ3) is 4.70. The van der Waals surface area contributed by atoms with Gasteiger partial charge in [0.2, 0.25) is 5.91 Å². The molecule has 0 bridgehead atoms. The normalized spacial score (nSPS) is 10.0. The first-order valence-electron chi connectivity index (χ1n) is 6.51. The van der Waals surface area contributed by atoms with Gasteiger partial charge in [-0.2, -0.15) is 5.10 Å². The second-order valence-corrected chi connectivity index (χ2v) is 5.39. The van der Waals surface area contributed by atoms with E-state index in [4.69, 9.17) is 5.73 Å². The van der Waals surface area contributed by atoms with E-state index in [-0.39, 0.29) is 5.91 Å². The zero-order chi connectivity index (χ0) is 15.1. The molecule has 7 heteroatoms. The summed E-state index contributed by atoms with van der Waals surface area (Å²) in [6, 6.07) is 1.99. The lowest BCUT2D eigenvalue weighted by molar-refractivity contribution is -0.130. The van der Waals surface area contributed by atoms with Gasteiger partial charge in [0.25, 0.3) is 0 Å². The van der Waals surface area contributed by atoms with Gasteiger partial charge in [0.1, 0.15) is 12.7 Å². The van der Waals surface area contributed by atoms with Crippen LogP contribution in [0.15, 0.2) is 24.1 Å². The van der Waals surface area contributed by atoms with E-state index in [2.05, 4.69) is 21.9 Å². The van der Waals surface area contributed by atoms with Crippen LogP contribution >= 0.6 is 11.3 Å². The molecule has 0 aliphatic rings. The highest BCUT2D eigenvalue weighted by Crippen LogP contribution is 2.15. The van der Waals surface area contributed by atoms with E-state index in [0.717, 1.165) is 10.4 Å². The summed E-state index contributed by atoms with van der Waals surface area (Å²) in [5.41, 5.74) is 6.43. The van der Waals surface area contributed by atoms with Crippen molar-refractivity contribution in [3.63, 3.8) is 0 Å². The summed E-state index contributed by atoms with van der Waals surface area (Å²) in [5.74, 6) is 5.89. The average molecular weight is 303 g/mol. The van der Waals surface area contributed by atoms with E-state index in [0.29, 0.717) is 26.1 Å². The second kappa shape index (κ2) is 7.57. The van der Waals surface area contributed by atoms with Crippen LogP contribution in [0.5, 0.6) is 0 Å². The van der Waals surface area contributed by atoms with Crippen molar-refractivity contribution in [2.75, 3.05) is 13.6 Å². The highest BCUT2D eigenvalue weighted by Gasteiger charge is 2.10. The Morgan fingerprint density at radius 1 is 1.57 bits per heavy atom. The lowest BCUT2D eigenvalue weighted by Crippen LogP contribution is -2.26. The molecule has 0 fully saturated rings. The number of nitrogens with zero attached hydrogens (tertiary/aromatic N) is 4. The van der Waals surface area contributed by atoms with Crippen molar-refractivity contribution in [1.82, 2.24) is 19.7 Å². The molecule has 0 spiro atoms. The van der Waals surface area contributed by atoms with Gasteiger partial charge in [-0.3, -0.25) is 9.48 Å². The highest BCUT2D eigenvalue weighted by molar-refractivity contribution is 7.10. The van der Waals surface area contributed by atoms with Gasteiger partial charge in [-0.05, 0) is 17.0 Å². The van der Waals surface area contributed by atoms with Crippen molar-refractivity contribution in [3.8, 4) is 11.8 Å². The molecule has 21 heavy (non-hydrogen) atoms. The van der Waals surface area contributed by atoms with Crippen molar-refractivity contribution in [2.24, 2.45) is 5.73 Å². The predicted octanol–water partition coefficient (Wildman–Crippen LogP) is 0.698. The van der Waals surface area contributed by atoms with E-state index in [1.807, 2.05) is 11.4 Å². The highest BCUT2D eigenvalue weighted by atomic mass is 32.1. The van der Waals surface area contributed by atoms with Crippen molar-refractivity contribution in [2.45, 2.75) is 19.5 Å². The zero-order valence-electron chi connectivity index (χ0n) is 11.8. The average Bonchev–Trinajstić information content (AvgIpc) is 3.14. The molecule has 0 saturated heterocycles. The Labute approximate surface area is 127 Å². The van der Waals surface area contributed by atoms with Gasteiger partial charge in [0.15, 0.2) is 0 Å². The van der Waals surface area contributed by atoms with Crippen LogP contribution in [-0.2, 0) is 17.9 Å². The quantitative estimate of drug-likeness (QED) is 0.825. The van der Waals surface area contributed by atoms with Crippen LogP contribution in [0.25, 0.3) is 0 Å². The SMILES string of the molecule is CN(Cc1csc(C#CCN)c1)C(=O)CCn1cncn1. The van der Waals surface area contributed by atoms with Gasteiger partial charge in [-0.15, -0.1) is 11.3 Å². The van der Waals surface area contributed by atoms with Gasteiger partial charge < -0.3 is 10.6 Å². The van der Waals surface area contributed by atoms with Gasteiger partial charge in [-0.25, -0.2) is 4.98 Å². The van der Waals surface area contributed by atoms with E-state index in [9.17, 15) is 4.79 Å². The van der Waals surface area contributed by atoms with Crippen LogP contribution < -0.4 is 5.73 Å². The molecule has 1 amide bonds. The zero-order valence-corrected chi connectivity index (χ0v) is 12.6. The number of thiophene rings is 1. The Morgan fingerprint density at radius 3 is 3.14 bits per heavy atom. The molecule has 0 saturated carbocycles. The Hall–Kier alpha value is -2.17.